The van der Waals surface area contributed by atoms with Crippen molar-refractivity contribution in [2.24, 2.45) is 5.92 Å². The molecule has 0 bridgehead atoms. The Morgan fingerprint density at radius 2 is 2.24 bits per heavy atom. The Kier molecular flexibility index (Phi) is 3.58. The second-order valence-electron chi connectivity index (χ2n) is 4.39. The molecular formula is C12H17N3O2. The molecule has 1 amide bonds. The first kappa shape index (κ1) is 11.9. The van der Waals surface area contributed by atoms with Crippen LogP contribution in [0.4, 0.5) is 5.82 Å². The lowest BCUT2D eigenvalue weighted by atomic mass is 9.97. The molecule has 1 saturated heterocycles. The third-order valence-electron chi connectivity index (χ3n) is 3.19. The Hall–Kier alpha value is -1.62. The number of carbonyl (C=O) groups is 1. The van der Waals surface area contributed by atoms with Crippen molar-refractivity contribution in [3.63, 3.8) is 0 Å². The van der Waals surface area contributed by atoms with Crippen molar-refractivity contribution >= 4 is 11.7 Å². The molecule has 1 aliphatic rings. The quantitative estimate of drug-likeness (QED) is 0.782. The summed E-state index contributed by atoms with van der Waals surface area (Å²) < 4.78 is 0. The number of aliphatic hydroxyl groups excluding tert-OH is 1. The third kappa shape index (κ3) is 2.74. The summed E-state index contributed by atoms with van der Waals surface area (Å²) in [6.07, 6.45) is 3.27. The van der Waals surface area contributed by atoms with Gasteiger partial charge in [0.1, 0.15) is 5.82 Å². The van der Waals surface area contributed by atoms with E-state index in [2.05, 4.69) is 4.98 Å². The van der Waals surface area contributed by atoms with Crippen molar-refractivity contribution in [3.8, 4) is 0 Å². The minimum Gasteiger partial charge on any atom is -0.396 e. The molecule has 2 rings (SSSR count). The van der Waals surface area contributed by atoms with Crippen LogP contribution in [0.25, 0.3) is 0 Å². The van der Waals surface area contributed by atoms with Crippen LogP contribution in [0.2, 0.25) is 0 Å². The Bertz CT molecular complexity index is 400. The van der Waals surface area contributed by atoms with Crippen molar-refractivity contribution < 1.29 is 9.90 Å². The Labute approximate surface area is 100 Å². The molecule has 92 valence electrons. The minimum atomic E-state index is -0.00418. The summed E-state index contributed by atoms with van der Waals surface area (Å²) in [4.78, 5) is 17.8. The molecule has 0 unspecified atom stereocenters. The van der Waals surface area contributed by atoms with Gasteiger partial charge < -0.3 is 15.7 Å². The van der Waals surface area contributed by atoms with Crippen LogP contribution >= 0.6 is 0 Å². The third-order valence-corrected chi connectivity index (χ3v) is 3.19. The summed E-state index contributed by atoms with van der Waals surface area (Å²) in [5, 5.41) is 9.04. The SMILES string of the molecule is Nc1cc(C(=O)N2CCC(CO)CC2)ccn1. The van der Waals surface area contributed by atoms with Crippen LogP contribution in [0, 0.1) is 5.92 Å². The van der Waals surface area contributed by atoms with Crippen LogP contribution < -0.4 is 5.73 Å². The van der Waals surface area contributed by atoms with Crippen LogP contribution in [-0.2, 0) is 0 Å². The molecule has 0 atom stereocenters. The molecule has 0 aromatic carbocycles. The van der Waals surface area contributed by atoms with Crippen LogP contribution in [0.3, 0.4) is 0 Å². The topological polar surface area (TPSA) is 79.5 Å². The van der Waals surface area contributed by atoms with E-state index in [1.54, 1.807) is 23.2 Å². The molecule has 5 heteroatoms. The zero-order valence-electron chi connectivity index (χ0n) is 9.67. The second kappa shape index (κ2) is 5.14. The molecule has 1 aliphatic heterocycles. The maximum atomic E-state index is 12.1. The molecule has 0 saturated carbocycles. The number of piperidine rings is 1. The number of anilines is 1. The first-order chi connectivity index (χ1) is 8.20. The Morgan fingerprint density at radius 1 is 1.53 bits per heavy atom. The summed E-state index contributed by atoms with van der Waals surface area (Å²) >= 11 is 0. The van der Waals surface area contributed by atoms with Crippen molar-refractivity contribution in [1.29, 1.82) is 0 Å². The molecule has 17 heavy (non-hydrogen) atoms. The summed E-state index contributed by atoms with van der Waals surface area (Å²) in [6.45, 7) is 1.61. The summed E-state index contributed by atoms with van der Waals surface area (Å²) in [7, 11) is 0. The summed E-state index contributed by atoms with van der Waals surface area (Å²) in [5.41, 5.74) is 6.14. The zero-order chi connectivity index (χ0) is 12.3. The fourth-order valence-corrected chi connectivity index (χ4v) is 2.08. The van der Waals surface area contributed by atoms with E-state index in [1.807, 2.05) is 0 Å². The molecule has 2 heterocycles. The van der Waals surface area contributed by atoms with Gasteiger partial charge in [0.2, 0.25) is 0 Å². The van der Waals surface area contributed by atoms with Gasteiger partial charge in [-0.2, -0.15) is 0 Å². The van der Waals surface area contributed by atoms with Gasteiger partial charge in [0.15, 0.2) is 0 Å². The number of aliphatic hydroxyl groups is 1. The largest absolute Gasteiger partial charge is 0.396 e. The van der Waals surface area contributed by atoms with E-state index in [9.17, 15) is 4.79 Å². The summed E-state index contributed by atoms with van der Waals surface area (Å²) in [5.74, 6) is 0.693. The van der Waals surface area contributed by atoms with Crippen LogP contribution in [0.5, 0.6) is 0 Å². The van der Waals surface area contributed by atoms with E-state index in [4.69, 9.17) is 10.8 Å². The van der Waals surface area contributed by atoms with Crippen molar-refractivity contribution in [2.45, 2.75) is 12.8 Å². The van der Waals surface area contributed by atoms with E-state index in [0.29, 0.717) is 30.4 Å². The average Bonchev–Trinajstić information content (AvgIpc) is 2.38. The second-order valence-corrected chi connectivity index (χ2v) is 4.39. The van der Waals surface area contributed by atoms with E-state index >= 15 is 0 Å². The lowest BCUT2D eigenvalue weighted by molar-refractivity contribution is 0.0651. The minimum absolute atomic E-state index is 0.00418. The van der Waals surface area contributed by atoms with Gasteiger partial charge in [-0.3, -0.25) is 4.79 Å². The number of carbonyl (C=O) groups excluding carboxylic acids is 1. The van der Waals surface area contributed by atoms with Crippen molar-refractivity contribution in [2.75, 3.05) is 25.4 Å². The van der Waals surface area contributed by atoms with E-state index in [0.717, 1.165) is 12.8 Å². The molecule has 1 aromatic rings. The number of rotatable bonds is 2. The molecule has 3 N–H and O–H groups in total. The normalized spacial score (nSPS) is 17.1. The maximum Gasteiger partial charge on any atom is 0.254 e. The summed E-state index contributed by atoms with van der Waals surface area (Å²) in [6, 6.07) is 3.28. The van der Waals surface area contributed by atoms with Gasteiger partial charge in [-0.1, -0.05) is 0 Å². The lowest BCUT2D eigenvalue weighted by Gasteiger charge is -2.31. The monoisotopic (exact) mass is 235 g/mol. The number of hydrogen-bond donors (Lipinski definition) is 2. The molecule has 5 nitrogen and oxygen atoms in total. The van der Waals surface area contributed by atoms with Crippen LogP contribution in [0.15, 0.2) is 18.3 Å². The number of pyridine rings is 1. The van der Waals surface area contributed by atoms with Gasteiger partial charge >= 0.3 is 0 Å². The predicted octanol–water partition coefficient (Wildman–Crippen LogP) is 0.508. The van der Waals surface area contributed by atoms with E-state index < -0.39 is 0 Å². The van der Waals surface area contributed by atoms with Crippen molar-refractivity contribution in [1.82, 2.24) is 9.88 Å². The lowest BCUT2D eigenvalue weighted by Crippen LogP contribution is -2.39. The molecule has 1 fully saturated rings. The Morgan fingerprint density at radius 3 is 2.82 bits per heavy atom. The fourth-order valence-electron chi connectivity index (χ4n) is 2.08. The number of nitrogen functional groups attached to an aromatic ring is 1. The highest BCUT2D eigenvalue weighted by Crippen LogP contribution is 2.18. The molecule has 0 spiro atoms. The zero-order valence-corrected chi connectivity index (χ0v) is 9.67. The van der Waals surface area contributed by atoms with Crippen LogP contribution in [0.1, 0.15) is 23.2 Å². The van der Waals surface area contributed by atoms with Gasteiger partial charge in [0.25, 0.3) is 5.91 Å². The predicted molar refractivity (Wildman–Crippen MR) is 64.4 cm³/mol. The average molecular weight is 235 g/mol. The number of hydrogen-bond acceptors (Lipinski definition) is 4. The standard InChI is InChI=1S/C12H17N3O2/c13-11-7-10(1-4-14-11)12(17)15-5-2-9(8-16)3-6-15/h1,4,7,9,16H,2-3,5-6,8H2,(H2,13,14). The first-order valence-corrected chi connectivity index (χ1v) is 5.82. The number of nitrogens with zero attached hydrogens (tertiary/aromatic N) is 2. The highest BCUT2D eigenvalue weighted by molar-refractivity contribution is 5.94. The van der Waals surface area contributed by atoms with Gasteiger partial charge in [-0.05, 0) is 30.9 Å². The van der Waals surface area contributed by atoms with Crippen LogP contribution in [-0.4, -0.2) is 40.6 Å². The van der Waals surface area contributed by atoms with Crippen molar-refractivity contribution in [3.05, 3.63) is 23.9 Å². The molecular weight excluding hydrogens is 218 g/mol. The van der Waals surface area contributed by atoms with Gasteiger partial charge in [0, 0.05) is 31.5 Å². The highest BCUT2D eigenvalue weighted by atomic mass is 16.3. The molecule has 1 aromatic heterocycles. The maximum absolute atomic E-state index is 12.1. The number of amides is 1. The number of likely N-dealkylation sites (tertiary alicyclic amines) is 1. The number of nitrogens with two attached hydrogens (primary N) is 1. The fraction of sp³-hybridized carbons (Fsp3) is 0.500. The van der Waals surface area contributed by atoms with Gasteiger partial charge in [0.05, 0.1) is 0 Å². The molecule has 0 aliphatic carbocycles. The number of aromatic nitrogens is 1. The molecule has 0 radical (unpaired) electrons. The van der Waals surface area contributed by atoms with Gasteiger partial charge in [-0.25, -0.2) is 4.98 Å². The Balaban J connectivity index is 2.02. The first-order valence-electron chi connectivity index (χ1n) is 5.82. The van der Waals surface area contributed by atoms with E-state index in [-0.39, 0.29) is 12.5 Å². The van der Waals surface area contributed by atoms with Gasteiger partial charge in [-0.15, -0.1) is 0 Å². The highest BCUT2D eigenvalue weighted by Gasteiger charge is 2.23. The smallest absolute Gasteiger partial charge is 0.254 e. The van der Waals surface area contributed by atoms with E-state index in [1.165, 1.54) is 0 Å².